The van der Waals surface area contributed by atoms with E-state index >= 15 is 0 Å². The van der Waals surface area contributed by atoms with Gasteiger partial charge in [0.2, 0.25) is 5.88 Å². The smallest absolute Gasteiger partial charge is 0.224 e. The second-order valence-electron chi connectivity index (χ2n) is 3.78. The van der Waals surface area contributed by atoms with Crippen molar-refractivity contribution < 1.29 is 9.13 Å². The zero-order valence-corrected chi connectivity index (χ0v) is 10.3. The summed E-state index contributed by atoms with van der Waals surface area (Å²) in [6.45, 7) is 4.43. The number of halogens is 1. The molecule has 0 radical (unpaired) electrons. The number of anilines is 1. The lowest BCUT2D eigenvalue weighted by Gasteiger charge is -2.07. The van der Waals surface area contributed by atoms with Crippen LogP contribution >= 0.6 is 0 Å². The van der Waals surface area contributed by atoms with Crippen LogP contribution < -0.4 is 10.1 Å². The number of aryl methyl sites for hydroxylation is 1. The van der Waals surface area contributed by atoms with Crippen molar-refractivity contribution in [2.24, 2.45) is 0 Å². The molecule has 4 nitrogen and oxygen atoms in total. The zero-order chi connectivity index (χ0) is 13.0. The maximum atomic E-state index is 13.4. The zero-order valence-electron chi connectivity index (χ0n) is 10.3. The largest absolute Gasteiger partial charge is 0.439 e. The molecule has 0 fully saturated rings. The maximum Gasteiger partial charge on any atom is 0.224 e. The van der Waals surface area contributed by atoms with Crippen LogP contribution in [0.3, 0.4) is 0 Å². The van der Waals surface area contributed by atoms with Crippen LogP contribution in [0, 0.1) is 12.7 Å². The van der Waals surface area contributed by atoms with E-state index in [1.54, 1.807) is 25.1 Å². The molecule has 0 amide bonds. The molecule has 0 saturated heterocycles. The summed E-state index contributed by atoms with van der Waals surface area (Å²) in [6, 6.07) is 6.37. The Morgan fingerprint density at radius 3 is 2.83 bits per heavy atom. The number of ether oxygens (including phenoxy) is 1. The Morgan fingerprint density at radius 2 is 2.11 bits per heavy atom. The molecule has 0 aliphatic carbocycles. The third-order valence-electron chi connectivity index (χ3n) is 2.37. The Labute approximate surface area is 105 Å². The predicted molar refractivity (Wildman–Crippen MR) is 67.4 cm³/mol. The van der Waals surface area contributed by atoms with E-state index < -0.39 is 0 Å². The third kappa shape index (κ3) is 2.94. The van der Waals surface area contributed by atoms with Gasteiger partial charge in [0.15, 0.2) is 0 Å². The quantitative estimate of drug-likeness (QED) is 0.901. The highest BCUT2D eigenvalue weighted by atomic mass is 19.1. The second-order valence-corrected chi connectivity index (χ2v) is 3.78. The molecule has 0 bridgehead atoms. The molecule has 94 valence electrons. The van der Waals surface area contributed by atoms with Gasteiger partial charge in [-0.15, -0.1) is 0 Å². The molecule has 1 aromatic carbocycles. The standard InChI is InChI=1S/C13H14FN3O/c1-3-15-12-7-13(17-8-16-12)18-10-5-4-9(2)11(14)6-10/h4-8H,3H2,1-2H3,(H,15,16,17). The highest BCUT2D eigenvalue weighted by molar-refractivity contribution is 5.39. The Kier molecular flexibility index (Phi) is 3.72. The van der Waals surface area contributed by atoms with Crippen LogP contribution in [-0.4, -0.2) is 16.5 Å². The minimum Gasteiger partial charge on any atom is -0.439 e. The van der Waals surface area contributed by atoms with E-state index in [0.29, 0.717) is 23.0 Å². The average Bonchev–Trinajstić information content (AvgIpc) is 2.35. The average molecular weight is 247 g/mol. The lowest BCUT2D eigenvalue weighted by Crippen LogP contribution is -2.00. The molecule has 1 N–H and O–H groups in total. The summed E-state index contributed by atoms with van der Waals surface area (Å²) in [6.07, 6.45) is 1.40. The van der Waals surface area contributed by atoms with Gasteiger partial charge in [-0.25, -0.2) is 14.4 Å². The predicted octanol–water partition coefficient (Wildman–Crippen LogP) is 3.15. The Balaban J connectivity index is 2.17. The number of rotatable bonds is 4. The summed E-state index contributed by atoms with van der Waals surface area (Å²) in [5, 5.41) is 3.05. The number of nitrogens with one attached hydrogen (secondary N) is 1. The minimum absolute atomic E-state index is 0.298. The van der Waals surface area contributed by atoms with Crippen LogP contribution in [0.4, 0.5) is 10.2 Å². The maximum absolute atomic E-state index is 13.4. The molecule has 0 unspecified atom stereocenters. The van der Waals surface area contributed by atoms with Crippen molar-refractivity contribution in [3.8, 4) is 11.6 Å². The molecule has 2 aromatic rings. The van der Waals surface area contributed by atoms with Crippen LogP contribution in [0.2, 0.25) is 0 Å². The molecular weight excluding hydrogens is 233 g/mol. The van der Waals surface area contributed by atoms with Crippen LogP contribution in [0.15, 0.2) is 30.6 Å². The lowest BCUT2D eigenvalue weighted by molar-refractivity contribution is 0.456. The number of benzene rings is 1. The van der Waals surface area contributed by atoms with Gasteiger partial charge < -0.3 is 10.1 Å². The Morgan fingerprint density at radius 1 is 1.28 bits per heavy atom. The van der Waals surface area contributed by atoms with E-state index in [-0.39, 0.29) is 5.82 Å². The summed E-state index contributed by atoms with van der Waals surface area (Å²) >= 11 is 0. The Bertz CT molecular complexity index is 546. The van der Waals surface area contributed by atoms with E-state index in [9.17, 15) is 4.39 Å². The number of hydrogen-bond acceptors (Lipinski definition) is 4. The summed E-state index contributed by atoms with van der Waals surface area (Å²) in [5.41, 5.74) is 0.582. The third-order valence-corrected chi connectivity index (χ3v) is 2.37. The normalized spacial score (nSPS) is 10.2. The highest BCUT2D eigenvalue weighted by Gasteiger charge is 2.04. The molecule has 0 saturated carbocycles. The first-order valence-corrected chi connectivity index (χ1v) is 5.69. The highest BCUT2D eigenvalue weighted by Crippen LogP contribution is 2.22. The first kappa shape index (κ1) is 12.3. The monoisotopic (exact) mass is 247 g/mol. The molecule has 1 heterocycles. The van der Waals surface area contributed by atoms with Gasteiger partial charge in [-0.05, 0) is 25.5 Å². The SMILES string of the molecule is CCNc1cc(Oc2ccc(C)c(F)c2)ncn1. The van der Waals surface area contributed by atoms with Gasteiger partial charge in [0.25, 0.3) is 0 Å². The van der Waals surface area contributed by atoms with Crippen LogP contribution in [0.25, 0.3) is 0 Å². The van der Waals surface area contributed by atoms with E-state index in [4.69, 9.17) is 4.74 Å². The van der Waals surface area contributed by atoms with Crippen molar-refractivity contribution >= 4 is 5.82 Å². The molecule has 1 aromatic heterocycles. The van der Waals surface area contributed by atoms with Crippen molar-refractivity contribution in [1.29, 1.82) is 0 Å². The van der Waals surface area contributed by atoms with Gasteiger partial charge in [-0.1, -0.05) is 6.07 Å². The number of aromatic nitrogens is 2. The van der Waals surface area contributed by atoms with Gasteiger partial charge in [-0.2, -0.15) is 0 Å². The van der Waals surface area contributed by atoms with Crippen molar-refractivity contribution in [1.82, 2.24) is 9.97 Å². The van der Waals surface area contributed by atoms with Gasteiger partial charge in [0, 0.05) is 18.7 Å². The number of hydrogen-bond donors (Lipinski definition) is 1. The minimum atomic E-state index is -0.298. The van der Waals surface area contributed by atoms with Crippen LogP contribution in [0.5, 0.6) is 11.6 Å². The van der Waals surface area contributed by atoms with Gasteiger partial charge in [0.1, 0.15) is 23.7 Å². The molecule has 0 aliphatic heterocycles. The van der Waals surface area contributed by atoms with E-state index in [2.05, 4.69) is 15.3 Å². The van der Waals surface area contributed by atoms with Crippen molar-refractivity contribution in [2.75, 3.05) is 11.9 Å². The summed E-state index contributed by atoms with van der Waals surface area (Å²) < 4.78 is 18.8. The molecule has 0 atom stereocenters. The fourth-order valence-electron chi connectivity index (χ4n) is 1.43. The lowest BCUT2D eigenvalue weighted by atomic mass is 10.2. The molecule has 18 heavy (non-hydrogen) atoms. The Hall–Kier alpha value is -2.17. The van der Waals surface area contributed by atoms with Crippen molar-refractivity contribution in [2.45, 2.75) is 13.8 Å². The summed E-state index contributed by atoms with van der Waals surface area (Å²) in [4.78, 5) is 8.00. The number of nitrogens with zero attached hydrogens (tertiary/aromatic N) is 2. The first-order valence-electron chi connectivity index (χ1n) is 5.69. The summed E-state index contributed by atoms with van der Waals surface area (Å²) in [7, 11) is 0. The molecule has 0 aliphatic rings. The van der Waals surface area contributed by atoms with Crippen molar-refractivity contribution in [3.63, 3.8) is 0 Å². The molecular formula is C13H14FN3O. The van der Waals surface area contributed by atoms with Crippen LogP contribution in [0.1, 0.15) is 12.5 Å². The van der Waals surface area contributed by atoms with E-state index in [1.165, 1.54) is 12.4 Å². The fourth-order valence-corrected chi connectivity index (χ4v) is 1.43. The molecule has 0 spiro atoms. The molecule has 5 heteroatoms. The molecule has 2 rings (SSSR count). The van der Waals surface area contributed by atoms with E-state index in [0.717, 1.165) is 6.54 Å². The fraction of sp³-hybridized carbons (Fsp3) is 0.231. The van der Waals surface area contributed by atoms with Gasteiger partial charge in [0.05, 0.1) is 0 Å². The van der Waals surface area contributed by atoms with E-state index in [1.807, 2.05) is 6.92 Å². The topological polar surface area (TPSA) is 47.0 Å². The van der Waals surface area contributed by atoms with Crippen molar-refractivity contribution in [3.05, 3.63) is 42.0 Å². The van der Waals surface area contributed by atoms with Gasteiger partial charge in [-0.3, -0.25) is 0 Å². The second kappa shape index (κ2) is 5.44. The van der Waals surface area contributed by atoms with Crippen LogP contribution in [-0.2, 0) is 0 Å². The first-order chi connectivity index (χ1) is 8.69. The van der Waals surface area contributed by atoms with Gasteiger partial charge >= 0.3 is 0 Å². The summed E-state index contributed by atoms with van der Waals surface area (Å²) in [5.74, 6) is 1.17.